The number of benzene rings is 4. The fraction of sp³-hybridized carbons (Fsp3) is 0.273. The molecule has 4 aromatic rings. The molecule has 186 valence electrons. The van der Waals surface area contributed by atoms with Gasteiger partial charge < -0.3 is 15.3 Å². The Bertz CT molecular complexity index is 1090. The molecule has 3 heteroatoms. The van der Waals surface area contributed by atoms with Gasteiger partial charge in [0.1, 0.15) is 17.2 Å². The smallest absolute Gasteiger partial charge is 0.115 e. The second-order valence-electron chi connectivity index (χ2n) is 10.2. The van der Waals surface area contributed by atoms with Gasteiger partial charge in [-0.2, -0.15) is 0 Å². The van der Waals surface area contributed by atoms with Gasteiger partial charge in [0, 0.05) is 0 Å². The summed E-state index contributed by atoms with van der Waals surface area (Å²) < 4.78 is 0. The molecular weight excluding hydrogens is 444 g/mol. The van der Waals surface area contributed by atoms with Crippen LogP contribution in [0.15, 0.2) is 91.0 Å². The largest absolute Gasteiger partial charge is 0.508 e. The lowest BCUT2D eigenvalue weighted by molar-refractivity contribution is 0.474. The molecule has 36 heavy (non-hydrogen) atoms. The van der Waals surface area contributed by atoms with E-state index in [0.29, 0.717) is 35.0 Å². The summed E-state index contributed by atoms with van der Waals surface area (Å²) >= 11 is 0. The van der Waals surface area contributed by atoms with Crippen LogP contribution < -0.4 is 0 Å². The number of hydrogen-bond acceptors (Lipinski definition) is 3. The number of aromatic hydroxyl groups is 3. The van der Waals surface area contributed by atoms with Crippen molar-refractivity contribution >= 4 is 0 Å². The molecule has 0 aliphatic rings. The van der Waals surface area contributed by atoms with E-state index in [1.54, 1.807) is 36.4 Å². The monoisotopic (exact) mass is 480 g/mol. The molecule has 0 aromatic heterocycles. The van der Waals surface area contributed by atoms with Crippen LogP contribution in [0.25, 0.3) is 0 Å². The van der Waals surface area contributed by atoms with Crippen molar-refractivity contribution in [2.45, 2.75) is 57.8 Å². The highest BCUT2D eigenvalue weighted by atomic mass is 16.3. The molecule has 0 saturated heterocycles. The van der Waals surface area contributed by atoms with Gasteiger partial charge in [0.15, 0.2) is 0 Å². The summed E-state index contributed by atoms with van der Waals surface area (Å²) in [7, 11) is 0. The Morgan fingerprint density at radius 1 is 0.417 bits per heavy atom. The van der Waals surface area contributed by atoms with Crippen molar-refractivity contribution in [3.63, 3.8) is 0 Å². The number of phenols is 3. The Balaban J connectivity index is 1.59. The quantitative estimate of drug-likeness (QED) is 0.229. The van der Waals surface area contributed by atoms with Gasteiger partial charge in [-0.15, -0.1) is 0 Å². The van der Waals surface area contributed by atoms with E-state index in [1.807, 2.05) is 36.4 Å². The molecule has 4 aromatic carbocycles. The van der Waals surface area contributed by atoms with Crippen LogP contribution in [0.5, 0.6) is 17.2 Å². The molecule has 0 spiro atoms. The minimum atomic E-state index is 0.293. The van der Waals surface area contributed by atoms with Gasteiger partial charge in [0.2, 0.25) is 0 Å². The zero-order valence-corrected chi connectivity index (χ0v) is 21.4. The first-order valence-electron chi connectivity index (χ1n) is 12.8. The van der Waals surface area contributed by atoms with E-state index in [2.05, 4.69) is 39.0 Å². The molecule has 0 bridgehead atoms. The lowest BCUT2D eigenvalue weighted by Crippen LogP contribution is -2.05. The van der Waals surface area contributed by atoms with Crippen molar-refractivity contribution < 1.29 is 15.3 Å². The predicted octanol–water partition coefficient (Wildman–Crippen LogP) is 7.84. The number of hydrogen-bond donors (Lipinski definition) is 3. The first-order chi connectivity index (χ1) is 17.3. The van der Waals surface area contributed by atoms with Crippen LogP contribution in [0.4, 0.5) is 0 Å². The van der Waals surface area contributed by atoms with E-state index in [1.165, 1.54) is 33.4 Å². The lowest BCUT2D eigenvalue weighted by Gasteiger charge is -2.19. The molecule has 0 aliphatic heterocycles. The van der Waals surface area contributed by atoms with E-state index >= 15 is 0 Å². The number of rotatable bonds is 9. The average Bonchev–Trinajstić information content (AvgIpc) is 2.85. The molecule has 0 aliphatic carbocycles. The van der Waals surface area contributed by atoms with Gasteiger partial charge in [0.05, 0.1) is 0 Å². The first-order valence-corrected chi connectivity index (χ1v) is 12.8. The third-order valence-corrected chi connectivity index (χ3v) is 7.12. The van der Waals surface area contributed by atoms with Gasteiger partial charge in [-0.25, -0.2) is 0 Å². The molecular formula is C33H36O3. The summed E-state index contributed by atoms with van der Waals surface area (Å²) in [6.07, 6.45) is 2.77. The van der Waals surface area contributed by atoms with Crippen molar-refractivity contribution in [2.24, 2.45) is 0 Å². The molecule has 0 radical (unpaired) electrons. The first kappa shape index (κ1) is 25.4. The average molecular weight is 481 g/mol. The maximum atomic E-state index is 9.66. The summed E-state index contributed by atoms with van der Waals surface area (Å²) in [5.41, 5.74) is 7.61. The third kappa shape index (κ3) is 6.69. The van der Waals surface area contributed by atoms with E-state index in [0.717, 1.165) is 19.3 Å². The molecule has 0 amide bonds. The highest BCUT2D eigenvalue weighted by Crippen LogP contribution is 2.29. The Hall–Kier alpha value is -3.72. The van der Waals surface area contributed by atoms with Crippen LogP contribution in [-0.2, 0) is 19.3 Å². The van der Waals surface area contributed by atoms with Gasteiger partial charge >= 0.3 is 0 Å². The van der Waals surface area contributed by atoms with Crippen molar-refractivity contribution in [3.05, 3.63) is 124 Å². The predicted molar refractivity (Wildman–Crippen MR) is 147 cm³/mol. The van der Waals surface area contributed by atoms with Gasteiger partial charge in [-0.05, 0) is 107 Å². The molecule has 3 nitrogen and oxygen atoms in total. The SMILES string of the molecule is CC(Cc1cc(CC(C)c2ccc(O)cc2)cc(CC(C)c2ccc(O)cc2)c1)c1ccc(O)cc1. The zero-order valence-electron chi connectivity index (χ0n) is 21.4. The van der Waals surface area contributed by atoms with Crippen molar-refractivity contribution in [1.82, 2.24) is 0 Å². The van der Waals surface area contributed by atoms with E-state index in [4.69, 9.17) is 0 Å². The van der Waals surface area contributed by atoms with Crippen LogP contribution in [0, 0.1) is 0 Å². The molecule has 4 rings (SSSR count). The zero-order chi connectivity index (χ0) is 25.7. The molecule has 3 atom stereocenters. The van der Waals surface area contributed by atoms with Crippen molar-refractivity contribution in [3.8, 4) is 17.2 Å². The van der Waals surface area contributed by atoms with Crippen LogP contribution >= 0.6 is 0 Å². The Labute approximate surface area is 214 Å². The number of phenolic OH excluding ortho intramolecular Hbond substituents is 3. The second kappa shape index (κ2) is 11.3. The summed E-state index contributed by atoms with van der Waals surface area (Å²) in [5, 5.41) is 29.0. The Morgan fingerprint density at radius 3 is 0.861 bits per heavy atom. The van der Waals surface area contributed by atoms with Crippen LogP contribution in [0.1, 0.15) is 71.9 Å². The van der Waals surface area contributed by atoms with Crippen LogP contribution in [0.3, 0.4) is 0 Å². The maximum absolute atomic E-state index is 9.66. The second-order valence-corrected chi connectivity index (χ2v) is 10.2. The molecule has 0 heterocycles. The standard InChI is InChI=1S/C33H36O3/c1-22(28-4-10-31(34)11-5-28)16-25-19-26(17-23(2)29-6-12-32(35)13-7-29)21-27(20-25)18-24(3)30-8-14-33(36)15-9-30/h4-15,19-24,34-36H,16-18H2,1-3H3. The maximum Gasteiger partial charge on any atom is 0.115 e. The molecule has 0 saturated carbocycles. The minimum Gasteiger partial charge on any atom is -0.508 e. The topological polar surface area (TPSA) is 60.7 Å². The highest BCUT2D eigenvalue weighted by Gasteiger charge is 2.14. The van der Waals surface area contributed by atoms with Gasteiger partial charge in [-0.1, -0.05) is 75.4 Å². The Kier molecular flexibility index (Phi) is 8.00. The highest BCUT2D eigenvalue weighted by molar-refractivity contribution is 5.37. The van der Waals surface area contributed by atoms with E-state index in [-0.39, 0.29) is 0 Å². The molecule has 3 unspecified atom stereocenters. The van der Waals surface area contributed by atoms with Crippen LogP contribution in [0.2, 0.25) is 0 Å². The third-order valence-electron chi connectivity index (χ3n) is 7.12. The molecule has 0 fully saturated rings. The Morgan fingerprint density at radius 2 is 0.639 bits per heavy atom. The van der Waals surface area contributed by atoms with Crippen molar-refractivity contribution in [2.75, 3.05) is 0 Å². The van der Waals surface area contributed by atoms with Gasteiger partial charge in [-0.3, -0.25) is 0 Å². The molecule has 3 N–H and O–H groups in total. The minimum absolute atomic E-state index is 0.293. The summed E-state index contributed by atoms with van der Waals surface area (Å²) in [6, 6.07) is 29.6. The van der Waals surface area contributed by atoms with Gasteiger partial charge in [0.25, 0.3) is 0 Å². The summed E-state index contributed by atoms with van der Waals surface area (Å²) in [5.74, 6) is 1.87. The van der Waals surface area contributed by atoms with Crippen molar-refractivity contribution in [1.29, 1.82) is 0 Å². The lowest BCUT2D eigenvalue weighted by atomic mass is 9.86. The summed E-state index contributed by atoms with van der Waals surface area (Å²) in [6.45, 7) is 6.70. The summed E-state index contributed by atoms with van der Waals surface area (Å²) in [4.78, 5) is 0. The van der Waals surface area contributed by atoms with E-state index < -0.39 is 0 Å². The van der Waals surface area contributed by atoms with Crippen LogP contribution in [-0.4, -0.2) is 15.3 Å². The normalized spacial score (nSPS) is 13.8. The fourth-order valence-corrected chi connectivity index (χ4v) is 5.02. The van der Waals surface area contributed by atoms with E-state index in [9.17, 15) is 15.3 Å². The fourth-order valence-electron chi connectivity index (χ4n) is 5.02.